The van der Waals surface area contributed by atoms with Gasteiger partial charge in [-0.1, -0.05) is 5.16 Å². The summed E-state index contributed by atoms with van der Waals surface area (Å²) in [5.74, 6) is 1.54. The predicted octanol–water partition coefficient (Wildman–Crippen LogP) is 4.06. The van der Waals surface area contributed by atoms with Gasteiger partial charge >= 0.3 is 0 Å². The summed E-state index contributed by atoms with van der Waals surface area (Å²) in [6, 6.07) is 9.90. The molecule has 1 fully saturated rings. The lowest BCUT2D eigenvalue weighted by atomic mass is 10.1. The summed E-state index contributed by atoms with van der Waals surface area (Å²) >= 11 is 0. The van der Waals surface area contributed by atoms with Crippen LogP contribution in [0.4, 0.5) is 0 Å². The average molecular weight is 324 g/mol. The lowest BCUT2D eigenvalue weighted by Crippen LogP contribution is -2.16. The molecular formula is C19H20N2O3. The number of rotatable bonds is 4. The first-order valence-corrected chi connectivity index (χ1v) is 8.28. The van der Waals surface area contributed by atoms with E-state index in [4.69, 9.17) is 14.0 Å². The first-order chi connectivity index (χ1) is 11.7. The minimum Gasteiger partial charge on any atom is -0.491 e. The first kappa shape index (κ1) is 15.1. The summed E-state index contributed by atoms with van der Waals surface area (Å²) in [7, 11) is 0. The van der Waals surface area contributed by atoms with Crippen molar-refractivity contribution in [2.24, 2.45) is 0 Å². The molecule has 124 valence electrons. The van der Waals surface area contributed by atoms with Gasteiger partial charge in [-0.05, 0) is 56.5 Å². The van der Waals surface area contributed by atoms with Gasteiger partial charge in [-0.3, -0.25) is 0 Å². The summed E-state index contributed by atoms with van der Waals surface area (Å²) in [6.07, 6.45) is 2.42. The van der Waals surface area contributed by atoms with Gasteiger partial charge in [-0.25, -0.2) is 4.98 Å². The molecule has 1 aliphatic rings. The zero-order chi connectivity index (χ0) is 16.5. The molecule has 0 spiro atoms. The monoisotopic (exact) mass is 324 g/mol. The third kappa shape index (κ3) is 2.99. The summed E-state index contributed by atoms with van der Waals surface area (Å²) in [6.45, 7) is 5.42. The molecule has 0 saturated carbocycles. The number of benzene rings is 1. The Kier molecular flexibility index (Phi) is 3.94. The van der Waals surface area contributed by atoms with Gasteiger partial charge in [0, 0.05) is 18.1 Å². The van der Waals surface area contributed by atoms with E-state index in [1.165, 1.54) is 0 Å². The number of ether oxygens (including phenoxy) is 2. The van der Waals surface area contributed by atoms with Gasteiger partial charge < -0.3 is 14.0 Å². The van der Waals surface area contributed by atoms with Crippen LogP contribution >= 0.6 is 0 Å². The highest BCUT2D eigenvalue weighted by Gasteiger charge is 2.16. The highest BCUT2D eigenvalue weighted by atomic mass is 16.5. The molecule has 1 unspecified atom stereocenters. The maximum atomic E-state index is 5.89. The summed E-state index contributed by atoms with van der Waals surface area (Å²) in [4.78, 5) is 4.68. The molecule has 0 radical (unpaired) electrons. The molecule has 0 N–H and O–H groups in total. The van der Waals surface area contributed by atoms with Crippen molar-refractivity contribution in [3.63, 3.8) is 0 Å². The van der Waals surface area contributed by atoms with Gasteiger partial charge in [0.25, 0.3) is 0 Å². The summed E-state index contributed by atoms with van der Waals surface area (Å²) < 4.78 is 16.8. The highest BCUT2D eigenvalue weighted by Crippen LogP contribution is 2.28. The molecule has 5 nitrogen and oxygen atoms in total. The molecule has 1 aliphatic heterocycles. The summed E-state index contributed by atoms with van der Waals surface area (Å²) in [5, 5.41) is 5.02. The lowest BCUT2D eigenvalue weighted by molar-refractivity contribution is 0.0680. The Labute approximate surface area is 140 Å². The highest BCUT2D eigenvalue weighted by molar-refractivity contribution is 5.85. The van der Waals surface area contributed by atoms with Crippen molar-refractivity contribution in [1.82, 2.24) is 10.1 Å². The maximum Gasteiger partial charge on any atom is 0.185 e. The van der Waals surface area contributed by atoms with Gasteiger partial charge in [0.1, 0.15) is 18.1 Å². The zero-order valence-corrected chi connectivity index (χ0v) is 13.9. The quantitative estimate of drug-likeness (QED) is 0.724. The minimum absolute atomic E-state index is 0.219. The molecular weight excluding hydrogens is 304 g/mol. The van der Waals surface area contributed by atoms with Crippen LogP contribution in [0, 0.1) is 13.8 Å². The van der Waals surface area contributed by atoms with Crippen molar-refractivity contribution < 1.29 is 14.0 Å². The van der Waals surface area contributed by atoms with E-state index in [0.717, 1.165) is 53.1 Å². The molecule has 4 rings (SSSR count). The Balaban J connectivity index is 1.61. The molecule has 3 heterocycles. The number of hydrogen-bond donors (Lipinski definition) is 0. The molecule has 3 aromatic rings. The second-order valence-electron chi connectivity index (χ2n) is 6.28. The number of pyridine rings is 1. The van der Waals surface area contributed by atoms with E-state index in [2.05, 4.69) is 17.1 Å². The van der Waals surface area contributed by atoms with E-state index in [1.807, 2.05) is 37.3 Å². The predicted molar refractivity (Wildman–Crippen MR) is 91.2 cm³/mol. The van der Waals surface area contributed by atoms with Crippen LogP contribution in [0.2, 0.25) is 0 Å². The van der Waals surface area contributed by atoms with Crippen LogP contribution in [-0.2, 0) is 4.74 Å². The standard InChI is InChI=1S/C19H20N2O3/c1-12-8-18(19-9-13(2)21-24-19)20-17-6-5-14(10-16(12)17)23-11-15-4-3-7-22-15/h5-6,8-10,15H,3-4,7,11H2,1-2H3. The number of fused-ring (bicyclic) bond motifs is 1. The third-order valence-electron chi connectivity index (χ3n) is 4.33. The van der Waals surface area contributed by atoms with Crippen molar-refractivity contribution in [2.75, 3.05) is 13.2 Å². The Morgan fingerprint density at radius 2 is 2.12 bits per heavy atom. The molecule has 24 heavy (non-hydrogen) atoms. The average Bonchev–Trinajstić information content (AvgIpc) is 3.24. The Morgan fingerprint density at radius 3 is 2.88 bits per heavy atom. The van der Waals surface area contributed by atoms with Crippen molar-refractivity contribution in [2.45, 2.75) is 32.8 Å². The van der Waals surface area contributed by atoms with E-state index < -0.39 is 0 Å². The Bertz CT molecular complexity index is 866. The van der Waals surface area contributed by atoms with Gasteiger partial charge in [0.2, 0.25) is 0 Å². The maximum absolute atomic E-state index is 5.89. The lowest BCUT2D eigenvalue weighted by Gasteiger charge is -2.12. The molecule has 0 bridgehead atoms. The first-order valence-electron chi connectivity index (χ1n) is 8.28. The van der Waals surface area contributed by atoms with E-state index in [1.54, 1.807) is 0 Å². The normalized spacial score (nSPS) is 17.5. The number of aryl methyl sites for hydroxylation is 2. The fourth-order valence-corrected chi connectivity index (χ4v) is 3.04. The molecule has 2 aromatic heterocycles. The second-order valence-corrected chi connectivity index (χ2v) is 6.28. The molecule has 0 aliphatic carbocycles. The van der Waals surface area contributed by atoms with Crippen LogP contribution in [0.3, 0.4) is 0 Å². The van der Waals surface area contributed by atoms with Gasteiger partial charge in [-0.15, -0.1) is 0 Å². The van der Waals surface area contributed by atoms with Crippen molar-refractivity contribution >= 4 is 10.9 Å². The van der Waals surface area contributed by atoms with E-state index in [-0.39, 0.29) is 6.10 Å². The molecule has 1 aromatic carbocycles. The Hall–Kier alpha value is -2.40. The number of hydrogen-bond acceptors (Lipinski definition) is 5. The summed E-state index contributed by atoms with van der Waals surface area (Å²) in [5.41, 5.74) is 3.70. The molecule has 5 heteroatoms. The van der Waals surface area contributed by atoms with Gasteiger partial charge in [0.15, 0.2) is 5.76 Å². The van der Waals surface area contributed by atoms with Crippen LogP contribution in [-0.4, -0.2) is 29.5 Å². The van der Waals surface area contributed by atoms with Crippen LogP contribution in [0.5, 0.6) is 5.75 Å². The SMILES string of the molecule is Cc1cc(-c2cc(C)c3cc(OCC4CCCO4)ccc3n2)on1. The van der Waals surface area contributed by atoms with Crippen LogP contribution in [0.1, 0.15) is 24.1 Å². The van der Waals surface area contributed by atoms with Gasteiger partial charge in [-0.2, -0.15) is 0 Å². The minimum atomic E-state index is 0.219. The zero-order valence-electron chi connectivity index (χ0n) is 13.9. The number of aromatic nitrogens is 2. The Morgan fingerprint density at radius 1 is 1.21 bits per heavy atom. The molecule has 0 amide bonds. The van der Waals surface area contributed by atoms with Crippen molar-refractivity contribution in [1.29, 1.82) is 0 Å². The molecule has 1 saturated heterocycles. The van der Waals surface area contributed by atoms with E-state index >= 15 is 0 Å². The van der Waals surface area contributed by atoms with Crippen LogP contribution in [0.25, 0.3) is 22.4 Å². The van der Waals surface area contributed by atoms with E-state index in [0.29, 0.717) is 12.4 Å². The topological polar surface area (TPSA) is 57.4 Å². The third-order valence-corrected chi connectivity index (χ3v) is 4.33. The van der Waals surface area contributed by atoms with Crippen LogP contribution in [0.15, 0.2) is 34.9 Å². The number of nitrogens with zero attached hydrogens (tertiary/aromatic N) is 2. The van der Waals surface area contributed by atoms with E-state index in [9.17, 15) is 0 Å². The van der Waals surface area contributed by atoms with Gasteiger partial charge in [0.05, 0.1) is 17.3 Å². The second kappa shape index (κ2) is 6.24. The fourth-order valence-electron chi connectivity index (χ4n) is 3.04. The largest absolute Gasteiger partial charge is 0.491 e. The smallest absolute Gasteiger partial charge is 0.185 e. The fraction of sp³-hybridized carbons (Fsp3) is 0.368. The van der Waals surface area contributed by atoms with Crippen molar-refractivity contribution in [3.05, 3.63) is 41.6 Å². The van der Waals surface area contributed by atoms with Crippen LogP contribution < -0.4 is 4.74 Å². The molecule has 1 atom stereocenters. The van der Waals surface area contributed by atoms with Crippen molar-refractivity contribution in [3.8, 4) is 17.2 Å².